The summed E-state index contributed by atoms with van der Waals surface area (Å²) in [5, 5.41) is 25.5. The van der Waals surface area contributed by atoms with Gasteiger partial charge >= 0.3 is 11.8 Å². The number of carbonyl (C=O) groups excluding carboxylic acids is 1. The molecule has 0 radical (unpaired) electrons. The fourth-order valence-electron chi connectivity index (χ4n) is 1.76. The minimum absolute atomic E-state index is 0.00839. The molecule has 0 aliphatic heterocycles. The predicted octanol–water partition coefficient (Wildman–Crippen LogP) is 0.961. The second-order valence-corrected chi connectivity index (χ2v) is 3.93. The van der Waals surface area contributed by atoms with Gasteiger partial charge in [0, 0.05) is 10.8 Å². The summed E-state index contributed by atoms with van der Waals surface area (Å²) in [7, 11) is 0. The zero-order valence-electron chi connectivity index (χ0n) is 10.4. The Hall–Kier alpha value is -3.43. The third kappa shape index (κ3) is 2.14. The lowest BCUT2D eigenvalue weighted by molar-refractivity contribution is -0.390. The molecule has 0 fully saturated rings. The van der Waals surface area contributed by atoms with Crippen molar-refractivity contribution >= 4 is 11.8 Å². The smallest absolute Gasteiger partial charge is 0.358 e. The van der Waals surface area contributed by atoms with E-state index in [0.29, 0.717) is 10.2 Å². The molecule has 104 valence electrons. The summed E-state index contributed by atoms with van der Waals surface area (Å²) in [4.78, 5) is 22.6. The van der Waals surface area contributed by atoms with Crippen LogP contribution in [0, 0.1) is 10.1 Å². The molecule has 3 rings (SSSR count). The quantitative estimate of drug-likeness (QED) is 0.507. The Morgan fingerprint density at radius 1 is 1.19 bits per heavy atom. The van der Waals surface area contributed by atoms with Crippen molar-refractivity contribution in [1.29, 1.82) is 0 Å². The average Bonchev–Trinajstić information content (AvgIpc) is 3.17. The minimum atomic E-state index is -0.839. The van der Waals surface area contributed by atoms with Gasteiger partial charge < -0.3 is 10.1 Å². The second-order valence-electron chi connectivity index (χ2n) is 3.93. The first kappa shape index (κ1) is 12.6. The molecule has 21 heavy (non-hydrogen) atoms. The molecule has 1 aromatic carbocycles. The first-order chi connectivity index (χ1) is 10.2. The van der Waals surface area contributed by atoms with Gasteiger partial charge in [0.05, 0.1) is 12.4 Å². The lowest BCUT2D eigenvalue weighted by Gasteiger charge is -1.98. The Bertz CT molecular complexity index is 795. The van der Waals surface area contributed by atoms with Crippen molar-refractivity contribution in [3.05, 3.63) is 52.8 Å². The summed E-state index contributed by atoms with van der Waals surface area (Å²) in [6, 6.07) is 7.62. The molecule has 0 atom stereocenters. The van der Waals surface area contributed by atoms with Gasteiger partial charge in [-0.15, -0.1) is 14.9 Å². The van der Waals surface area contributed by atoms with Gasteiger partial charge in [-0.3, -0.25) is 0 Å². The molecule has 10 nitrogen and oxygen atoms in total. The molecule has 2 aromatic heterocycles. The molecule has 0 saturated carbocycles. The van der Waals surface area contributed by atoms with Crippen molar-refractivity contribution in [2.75, 3.05) is 0 Å². The number of nitro groups is 1. The summed E-state index contributed by atoms with van der Waals surface area (Å²) in [6.45, 7) is 0. The van der Waals surface area contributed by atoms with E-state index in [-0.39, 0.29) is 5.69 Å². The van der Waals surface area contributed by atoms with E-state index < -0.39 is 16.8 Å². The highest BCUT2D eigenvalue weighted by molar-refractivity contribution is 5.82. The van der Waals surface area contributed by atoms with Gasteiger partial charge in [0.25, 0.3) is 0 Å². The summed E-state index contributed by atoms with van der Waals surface area (Å²) in [5.41, 5.74) is 0.496. The van der Waals surface area contributed by atoms with Crippen LogP contribution in [0.3, 0.4) is 0 Å². The Morgan fingerprint density at radius 2 is 1.95 bits per heavy atom. The van der Waals surface area contributed by atoms with Crippen molar-refractivity contribution in [3.8, 4) is 11.3 Å². The van der Waals surface area contributed by atoms with Crippen LogP contribution in [-0.4, -0.2) is 40.9 Å². The molecular weight excluding hydrogens is 278 g/mol. The molecule has 0 spiro atoms. The molecule has 3 aromatic rings. The highest BCUT2D eigenvalue weighted by Crippen LogP contribution is 2.26. The van der Waals surface area contributed by atoms with Crippen LogP contribution < -0.4 is 0 Å². The number of aromatic nitrogens is 6. The Labute approximate surface area is 116 Å². The maximum absolute atomic E-state index is 12.1. The first-order valence-corrected chi connectivity index (χ1v) is 5.75. The number of rotatable bonds is 2. The van der Waals surface area contributed by atoms with E-state index in [1.165, 1.54) is 12.4 Å². The number of hydrogen-bond donors (Lipinski definition) is 0. The molecule has 0 bridgehead atoms. The van der Waals surface area contributed by atoms with Crippen LogP contribution in [0.25, 0.3) is 11.3 Å². The molecule has 0 unspecified atom stereocenters. The van der Waals surface area contributed by atoms with E-state index in [9.17, 15) is 14.9 Å². The largest absolute Gasteiger partial charge is 0.464 e. The summed E-state index contributed by atoms with van der Waals surface area (Å²) < 4.78 is 1.41. The molecule has 0 saturated heterocycles. The van der Waals surface area contributed by atoms with Crippen LogP contribution in [-0.2, 0) is 0 Å². The maximum Gasteiger partial charge on any atom is 0.464 e. The molecular formula is C11H7N7O3. The van der Waals surface area contributed by atoms with Gasteiger partial charge in [-0.2, -0.15) is 0 Å². The van der Waals surface area contributed by atoms with Crippen LogP contribution in [0.1, 0.15) is 0 Å². The molecule has 0 amide bonds. The van der Waals surface area contributed by atoms with Crippen LogP contribution >= 0.6 is 0 Å². The zero-order chi connectivity index (χ0) is 14.8. The fourth-order valence-corrected chi connectivity index (χ4v) is 1.76. The third-order valence-corrected chi connectivity index (χ3v) is 2.67. The monoisotopic (exact) mass is 285 g/mol. The van der Waals surface area contributed by atoms with E-state index in [0.717, 1.165) is 4.68 Å². The van der Waals surface area contributed by atoms with E-state index in [1.807, 2.05) is 0 Å². The number of benzene rings is 1. The Morgan fingerprint density at radius 3 is 2.57 bits per heavy atom. The average molecular weight is 285 g/mol. The molecule has 0 aliphatic carbocycles. The van der Waals surface area contributed by atoms with Crippen molar-refractivity contribution in [2.24, 2.45) is 0 Å². The van der Waals surface area contributed by atoms with Crippen LogP contribution in [0.2, 0.25) is 0 Å². The van der Waals surface area contributed by atoms with E-state index in [4.69, 9.17) is 0 Å². The van der Waals surface area contributed by atoms with Crippen molar-refractivity contribution in [2.45, 2.75) is 0 Å². The summed E-state index contributed by atoms with van der Waals surface area (Å²) in [5.74, 6) is -0.526. The maximum atomic E-state index is 12.1. The lowest BCUT2D eigenvalue weighted by Crippen LogP contribution is -2.22. The van der Waals surface area contributed by atoms with Crippen LogP contribution in [0.5, 0.6) is 0 Å². The Balaban J connectivity index is 2.14. The van der Waals surface area contributed by atoms with E-state index in [2.05, 4.69) is 20.6 Å². The predicted molar refractivity (Wildman–Crippen MR) is 68.3 cm³/mol. The summed E-state index contributed by atoms with van der Waals surface area (Å²) in [6.07, 6.45) is 2.54. The van der Waals surface area contributed by atoms with Gasteiger partial charge in [0.1, 0.15) is 0 Å². The summed E-state index contributed by atoms with van der Waals surface area (Å²) >= 11 is 0. The van der Waals surface area contributed by atoms with E-state index in [1.54, 1.807) is 30.3 Å². The standard InChI is InChI=1S/C11H7N7O3/c19-11(16-7-6-12-14-16)17-10(18(20)21)9(13-15-17)8-4-2-1-3-5-8/h1-7H. The second kappa shape index (κ2) is 4.92. The highest BCUT2D eigenvalue weighted by atomic mass is 16.6. The van der Waals surface area contributed by atoms with Gasteiger partial charge in [-0.25, -0.2) is 4.79 Å². The fraction of sp³-hybridized carbons (Fsp3) is 0. The molecule has 2 heterocycles. The van der Waals surface area contributed by atoms with Gasteiger partial charge in [0.15, 0.2) is 5.69 Å². The Kier molecular flexibility index (Phi) is 2.95. The number of hydrogen-bond acceptors (Lipinski definition) is 7. The molecule has 0 aliphatic rings. The highest BCUT2D eigenvalue weighted by Gasteiger charge is 2.31. The SMILES string of the molecule is O=C(n1ccnn1)n1nnc(-c2ccccc2)c1[N+](=O)[O-]. The minimum Gasteiger partial charge on any atom is -0.358 e. The lowest BCUT2D eigenvalue weighted by atomic mass is 10.1. The topological polar surface area (TPSA) is 122 Å². The molecule has 0 N–H and O–H groups in total. The van der Waals surface area contributed by atoms with Crippen LogP contribution in [0.4, 0.5) is 10.6 Å². The van der Waals surface area contributed by atoms with Crippen molar-refractivity contribution < 1.29 is 9.72 Å². The zero-order valence-corrected chi connectivity index (χ0v) is 10.4. The van der Waals surface area contributed by atoms with Crippen molar-refractivity contribution in [3.63, 3.8) is 0 Å². The number of carbonyl (C=O) groups is 1. The number of nitrogens with zero attached hydrogens (tertiary/aromatic N) is 7. The normalized spacial score (nSPS) is 10.5. The van der Waals surface area contributed by atoms with Crippen molar-refractivity contribution in [1.82, 2.24) is 30.0 Å². The first-order valence-electron chi connectivity index (χ1n) is 5.75. The van der Waals surface area contributed by atoms with E-state index >= 15 is 0 Å². The van der Waals surface area contributed by atoms with Gasteiger partial charge in [-0.05, 0) is 9.61 Å². The molecule has 10 heteroatoms. The van der Waals surface area contributed by atoms with Crippen LogP contribution in [0.15, 0.2) is 42.7 Å². The van der Waals surface area contributed by atoms with Gasteiger partial charge in [0.2, 0.25) is 0 Å². The third-order valence-electron chi connectivity index (χ3n) is 2.67. The van der Waals surface area contributed by atoms with Gasteiger partial charge in [-0.1, -0.05) is 35.5 Å².